The van der Waals surface area contributed by atoms with Crippen molar-refractivity contribution in [3.8, 4) is 5.75 Å². The van der Waals surface area contributed by atoms with Crippen LogP contribution in [0.25, 0.3) is 0 Å². The predicted octanol–water partition coefficient (Wildman–Crippen LogP) is 2.68. The molecule has 8 heteroatoms. The van der Waals surface area contributed by atoms with Crippen LogP contribution in [-0.4, -0.2) is 35.1 Å². The summed E-state index contributed by atoms with van der Waals surface area (Å²) in [6.45, 7) is 0.0465. The summed E-state index contributed by atoms with van der Waals surface area (Å²) in [7, 11) is 0. The van der Waals surface area contributed by atoms with E-state index in [9.17, 15) is 22.7 Å². The molecule has 0 bridgehead atoms. The molecule has 3 nitrogen and oxygen atoms in total. The summed E-state index contributed by atoms with van der Waals surface area (Å²) < 4.78 is 54.3. The lowest BCUT2D eigenvalue weighted by Gasteiger charge is -2.22. The molecule has 1 atom stereocenters. The first kappa shape index (κ1) is 16.4. The van der Waals surface area contributed by atoms with Gasteiger partial charge in [0.15, 0.2) is 0 Å². The molecule has 0 saturated carbocycles. The SMILES string of the molecule is OC1(CNCc2c(F)cccc2OC(F)(F)F)CCSC1. The van der Waals surface area contributed by atoms with Gasteiger partial charge in [-0.2, -0.15) is 11.8 Å². The zero-order valence-corrected chi connectivity index (χ0v) is 11.9. The van der Waals surface area contributed by atoms with Crippen LogP contribution in [0.3, 0.4) is 0 Å². The lowest BCUT2D eigenvalue weighted by atomic mass is 10.0. The lowest BCUT2D eigenvalue weighted by molar-refractivity contribution is -0.275. The normalized spacial score (nSPS) is 22.5. The molecule has 2 N–H and O–H groups in total. The monoisotopic (exact) mass is 325 g/mol. The van der Waals surface area contributed by atoms with Crippen LogP contribution in [0.1, 0.15) is 12.0 Å². The van der Waals surface area contributed by atoms with Crippen LogP contribution >= 0.6 is 11.8 Å². The Morgan fingerprint density at radius 2 is 2.14 bits per heavy atom. The highest BCUT2D eigenvalue weighted by atomic mass is 32.2. The van der Waals surface area contributed by atoms with E-state index in [2.05, 4.69) is 10.1 Å². The van der Waals surface area contributed by atoms with Crippen LogP contribution in [0.5, 0.6) is 5.75 Å². The summed E-state index contributed by atoms with van der Waals surface area (Å²) in [6, 6.07) is 3.29. The molecule has 1 aliphatic heterocycles. The van der Waals surface area contributed by atoms with E-state index in [0.717, 1.165) is 24.0 Å². The van der Waals surface area contributed by atoms with Gasteiger partial charge in [-0.05, 0) is 24.3 Å². The molecular formula is C13H15F4NO2S. The van der Waals surface area contributed by atoms with Crippen molar-refractivity contribution in [2.75, 3.05) is 18.1 Å². The van der Waals surface area contributed by atoms with E-state index in [1.807, 2.05) is 0 Å². The largest absolute Gasteiger partial charge is 0.573 e. The Bertz CT molecular complexity index is 490. The molecule has 1 saturated heterocycles. The summed E-state index contributed by atoms with van der Waals surface area (Å²) in [5.74, 6) is 0.0450. The third kappa shape index (κ3) is 4.76. The molecule has 1 unspecified atom stereocenters. The molecule has 2 rings (SSSR count). The second-order valence-electron chi connectivity index (χ2n) is 4.89. The van der Waals surface area contributed by atoms with Crippen molar-refractivity contribution < 1.29 is 27.4 Å². The number of nitrogens with one attached hydrogen (secondary N) is 1. The van der Waals surface area contributed by atoms with Crippen molar-refractivity contribution in [2.45, 2.75) is 24.9 Å². The van der Waals surface area contributed by atoms with Crippen LogP contribution in [0.4, 0.5) is 17.6 Å². The van der Waals surface area contributed by atoms with E-state index in [1.54, 1.807) is 11.8 Å². The summed E-state index contributed by atoms with van der Waals surface area (Å²) in [5, 5.41) is 12.9. The highest BCUT2D eigenvalue weighted by Crippen LogP contribution is 2.29. The van der Waals surface area contributed by atoms with Gasteiger partial charge in [-0.25, -0.2) is 4.39 Å². The molecule has 0 spiro atoms. The van der Waals surface area contributed by atoms with Gasteiger partial charge in [0.05, 0.1) is 5.60 Å². The highest BCUT2D eigenvalue weighted by Gasteiger charge is 2.33. The first-order chi connectivity index (χ1) is 9.79. The molecular weight excluding hydrogens is 310 g/mol. The van der Waals surface area contributed by atoms with Crippen LogP contribution in [0.2, 0.25) is 0 Å². The minimum absolute atomic E-state index is 0.148. The van der Waals surface area contributed by atoms with Crippen LogP contribution in [0.15, 0.2) is 18.2 Å². The average Bonchev–Trinajstić information content (AvgIpc) is 2.78. The summed E-state index contributed by atoms with van der Waals surface area (Å²) in [6.07, 6.45) is -4.27. The molecule has 0 aliphatic carbocycles. The van der Waals surface area contributed by atoms with Gasteiger partial charge in [0.2, 0.25) is 0 Å². The van der Waals surface area contributed by atoms with Crippen molar-refractivity contribution in [1.82, 2.24) is 5.32 Å². The standard InChI is InChI=1S/C13H15F4NO2S/c14-10-2-1-3-11(20-13(15,16)17)9(10)6-18-7-12(19)4-5-21-8-12/h1-3,18-19H,4-8H2. The quantitative estimate of drug-likeness (QED) is 0.817. The van der Waals surface area contributed by atoms with Crippen molar-refractivity contribution in [1.29, 1.82) is 0 Å². The number of aliphatic hydroxyl groups is 1. The summed E-state index contributed by atoms with van der Waals surface area (Å²) in [5.41, 5.74) is -1.09. The smallest absolute Gasteiger partial charge is 0.405 e. The fourth-order valence-electron chi connectivity index (χ4n) is 2.09. The summed E-state index contributed by atoms with van der Waals surface area (Å²) >= 11 is 1.60. The maximum absolute atomic E-state index is 13.7. The Morgan fingerprint density at radius 1 is 1.38 bits per heavy atom. The van der Waals surface area contributed by atoms with Crippen LogP contribution < -0.4 is 10.1 Å². The van der Waals surface area contributed by atoms with E-state index in [1.165, 1.54) is 0 Å². The number of rotatable bonds is 5. The van der Waals surface area contributed by atoms with E-state index < -0.39 is 23.5 Å². The number of benzene rings is 1. The minimum atomic E-state index is -4.87. The van der Waals surface area contributed by atoms with Gasteiger partial charge in [-0.3, -0.25) is 0 Å². The molecule has 1 fully saturated rings. The van der Waals surface area contributed by atoms with Gasteiger partial charge < -0.3 is 15.2 Å². The first-order valence-electron chi connectivity index (χ1n) is 6.33. The Balaban J connectivity index is 2.01. The molecule has 0 amide bonds. The number of halogens is 4. The van der Waals surface area contributed by atoms with Gasteiger partial charge in [-0.15, -0.1) is 13.2 Å². The second kappa shape index (κ2) is 6.41. The van der Waals surface area contributed by atoms with E-state index in [4.69, 9.17) is 0 Å². The Kier molecular flexibility index (Phi) is 5.00. The van der Waals surface area contributed by atoms with Crippen molar-refractivity contribution >= 4 is 11.8 Å². The molecule has 1 aromatic carbocycles. The molecule has 118 valence electrons. The fourth-order valence-corrected chi connectivity index (χ4v) is 3.38. The Morgan fingerprint density at radius 3 is 2.76 bits per heavy atom. The van der Waals surface area contributed by atoms with Gasteiger partial charge in [0, 0.05) is 24.4 Å². The average molecular weight is 325 g/mol. The minimum Gasteiger partial charge on any atom is -0.405 e. The number of alkyl halides is 3. The molecule has 21 heavy (non-hydrogen) atoms. The number of ether oxygens (including phenoxy) is 1. The van der Waals surface area contributed by atoms with Gasteiger partial charge in [0.1, 0.15) is 11.6 Å². The van der Waals surface area contributed by atoms with E-state index >= 15 is 0 Å². The molecule has 1 heterocycles. The lowest BCUT2D eigenvalue weighted by Crippen LogP contribution is -2.40. The van der Waals surface area contributed by atoms with Crippen molar-refractivity contribution in [3.63, 3.8) is 0 Å². The van der Waals surface area contributed by atoms with Crippen molar-refractivity contribution in [2.24, 2.45) is 0 Å². The third-order valence-electron chi connectivity index (χ3n) is 3.14. The first-order valence-corrected chi connectivity index (χ1v) is 7.49. The highest BCUT2D eigenvalue weighted by molar-refractivity contribution is 7.99. The topological polar surface area (TPSA) is 41.5 Å². The molecule has 1 aromatic rings. The van der Waals surface area contributed by atoms with Crippen LogP contribution in [-0.2, 0) is 6.54 Å². The maximum atomic E-state index is 13.7. The molecule has 0 radical (unpaired) electrons. The predicted molar refractivity (Wildman–Crippen MR) is 71.7 cm³/mol. The number of thioether (sulfide) groups is 1. The van der Waals surface area contributed by atoms with E-state index in [0.29, 0.717) is 12.2 Å². The Labute approximate surface area is 123 Å². The second-order valence-corrected chi connectivity index (χ2v) is 6.00. The zero-order valence-electron chi connectivity index (χ0n) is 11.0. The number of hydrogen-bond donors (Lipinski definition) is 2. The number of hydrogen-bond acceptors (Lipinski definition) is 4. The maximum Gasteiger partial charge on any atom is 0.573 e. The van der Waals surface area contributed by atoms with E-state index in [-0.39, 0.29) is 18.7 Å². The van der Waals surface area contributed by atoms with Gasteiger partial charge >= 0.3 is 6.36 Å². The molecule has 0 aromatic heterocycles. The Hall–Kier alpha value is -0.990. The van der Waals surface area contributed by atoms with Crippen LogP contribution in [0, 0.1) is 5.82 Å². The van der Waals surface area contributed by atoms with Gasteiger partial charge in [-0.1, -0.05) is 6.07 Å². The molecule has 1 aliphatic rings. The summed E-state index contributed by atoms with van der Waals surface area (Å²) in [4.78, 5) is 0. The van der Waals surface area contributed by atoms with Crippen molar-refractivity contribution in [3.05, 3.63) is 29.6 Å². The fraction of sp³-hybridized carbons (Fsp3) is 0.538. The zero-order chi connectivity index (χ0) is 15.5. The third-order valence-corrected chi connectivity index (χ3v) is 4.37. The van der Waals surface area contributed by atoms with Gasteiger partial charge in [0.25, 0.3) is 0 Å².